The number of nitrogens with one attached hydrogen (secondary N) is 1. The maximum absolute atomic E-state index is 11.1. The van der Waals surface area contributed by atoms with E-state index in [1.165, 1.54) is 18.9 Å². The summed E-state index contributed by atoms with van der Waals surface area (Å²) in [5.41, 5.74) is 0. The lowest BCUT2D eigenvalue weighted by molar-refractivity contribution is 0.239. The second-order valence-electron chi connectivity index (χ2n) is 5.14. The molecule has 0 amide bonds. The highest BCUT2D eigenvalue weighted by molar-refractivity contribution is 7.89. The van der Waals surface area contributed by atoms with Gasteiger partial charge >= 0.3 is 0 Å². The predicted molar refractivity (Wildman–Crippen MR) is 72.0 cm³/mol. The monoisotopic (exact) mass is 287 g/mol. The average Bonchev–Trinajstić information content (AvgIpc) is 3.06. The Labute approximate surface area is 114 Å². The summed E-state index contributed by atoms with van der Waals surface area (Å²) in [5.74, 6) is 0.574. The Morgan fingerprint density at radius 2 is 2.21 bits per heavy atom. The number of nitrogens with two attached hydrogens (primary N) is 1. The van der Waals surface area contributed by atoms with Gasteiger partial charge in [-0.25, -0.2) is 13.6 Å². The summed E-state index contributed by atoms with van der Waals surface area (Å²) in [4.78, 5) is 2.37. The molecule has 6 nitrogen and oxygen atoms in total. The van der Waals surface area contributed by atoms with Crippen LogP contribution in [0.4, 0.5) is 0 Å². The van der Waals surface area contributed by atoms with E-state index in [-0.39, 0.29) is 5.09 Å². The van der Waals surface area contributed by atoms with Crippen molar-refractivity contribution < 1.29 is 12.8 Å². The van der Waals surface area contributed by atoms with Gasteiger partial charge < -0.3 is 9.73 Å². The van der Waals surface area contributed by atoms with Gasteiger partial charge in [0.1, 0.15) is 5.76 Å². The van der Waals surface area contributed by atoms with E-state index in [1.807, 2.05) is 0 Å². The third kappa shape index (κ3) is 4.04. The van der Waals surface area contributed by atoms with Crippen molar-refractivity contribution in [2.45, 2.75) is 43.5 Å². The van der Waals surface area contributed by atoms with Crippen LogP contribution in [0, 0.1) is 0 Å². The Balaban J connectivity index is 1.77. The molecule has 0 bridgehead atoms. The molecule has 2 rings (SSSR count). The third-order valence-electron chi connectivity index (χ3n) is 3.47. The van der Waals surface area contributed by atoms with Gasteiger partial charge in [0.25, 0.3) is 10.0 Å². The Morgan fingerprint density at radius 3 is 2.74 bits per heavy atom. The summed E-state index contributed by atoms with van der Waals surface area (Å²) in [6.45, 7) is 3.50. The fraction of sp³-hybridized carbons (Fsp3) is 0.667. The largest absolute Gasteiger partial charge is 0.447 e. The van der Waals surface area contributed by atoms with Crippen LogP contribution in [-0.4, -0.2) is 39.0 Å². The molecule has 0 aliphatic heterocycles. The lowest BCUT2D eigenvalue weighted by Gasteiger charge is -2.24. The zero-order valence-corrected chi connectivity index (χ0v) is 12.1. The third-order valence-corrected chi connectivity index (χ3v) is 4.25. The van der Waals surface area contributed by atoms with Crippen molar-refractivity contribution in [2.75, 3.05) is 13.6 Å². The Kier molecular flexibility index (Phi) is 4.29. The lowest BCUT2D eigenvalue weighted by atomic mass is 10.3. The summed E-state index contributed by atoms with van der Waals surface area (Å²) < 4.78 is 27.3. The second kappa shape index (κ2) is 5.62. The SMILES string of the molecule is CC(CNCc1ccc(S(N)(=O)=O)o1)N(C)C1CC1. The van der Waals surface area contributed by atoms with Crippen LogP contribution in [0.1, 0.15) is 25.5 Å². The van der Waals surface area contributed by atoms with Gasteiger partial charge in [0, 0.05) is 18.6 Å². The van der Waals surface area contributed by atoms with E-state index < -0.39 is 10.0 Å². The molecule has 0 aromatic carbocycles. The van der Waals surface area contributed by atoms with Crippen LogP contribution >= 0.6 is 0 Å². The highest BCUT2D eigenvalue weighted by Gasteiger charge is 2.28. The molecular weight excluding hydrogens is 266 g/mol. The molecule has 7 heteroatoms. The zero-order chi connectivity index (χ0) is 14.0. The van der Waals surface area contributed by atoms with Crippen LogP contribution < -0.4 is 10.5 Å². The molecule has 1 aromatic heterocycles. The average molecular weight is 287 g/mol. The molecule has 3 N–H and O–H groups in total. The van der Waals surface area contributed by atoms with Crippen LogP contribution in [0.25, 0.3) is 0 Å². The van der Waals surface area contributed by atoms with Crippen LogP contribution in [0.15, 0.2) is 21.6 Å². The van der Waals surface area contributed by atoms with Gasteiger partial charge in [-0.3, -0.25) is 4.90 Å². The van der Waals surface area contributed by atoms with Crippen molar-refractivity contribution in [3.8, 4) is 0 Å². The molecule has 1 aliphatic rings. The van der Waals surface area contributed by atoms with Crippen LogP contribution in [0.3, 0.4) is 0 Å². The second-order valence-corrected chi connectivity index (χ2v) is 6.63. The standard InChI is InChI=1S/C12H21N3O3S/c1-9(15(2)10-3-4-10)7-14-8-11-5-6-12(18-11)19(13,16)17/h5-6,9-10,14H,3-4,7-8H2,1-2H3,(H2,13,16,17). The topological polar surface area (TPSA) is 88.6 Å². The van der Waals surface area contributed by atoms with Gasteiger partial charge in [-0.15, -0.1) is 0 Å². The summed E-state index contributed by atoms with van der Waals surface area (Å²) in [6.07, 6.45) is 2.58. The normalized spacial score (nSPS) is 17.9. The Hall–Kier alpha value is -0.890. The van der Waals surface area contributed by atoms with Crippen molar-refractivity contribution in [3.05, 3.63) is 17.9 Å². The van der Waals surface area contributed by atoms with Crippen molar-refractivity contribution in [2.24, 2.45) is 5.14 Å². The first-order valence-electron chi connectivity index (χ1n) is 6.42. The summed E-state index contributed by atoms with van der Waals surface area (Å²) in [7, 11) is -1.61. The molecule has 108 valence electrons. The molecule has 1 fully saturated rings. The van der Waals surface area contributed by atoms with E-state index in [2.05, 4.69) is 24.2 Å². The number of nitrogens with zero attached hydrogens (tertiary/aromatic N) is 1. The van der Waals surface area contributed by atoms with E-state index in [0.29, 0.717) is 18.3 Å². The first-order chi connectivity index (χ1) is 8.88. The van der Waals surface area contributed by atoms with Crippen LogP contribution in [0.2, 0.25) is 0 Å². The molecule has 19 heavy (non-hydrogen) atoms. The van der Waals surface area contributed by atoms with Crippen molar-refractivity contribution in [1.82, 2.24) is 10.2 Å². The maximum Gasteiger partial charge on any atom is 0.271 e. The number of sulfonamides is 1. The van der Waals surface area contributed by atoms with Gasteiger partial charge in [0.05, 0.1) is 6.54 Å². The van der Waals surface area contributed by atoms with Gasteiger partial charge in [-0.1, -0.05) is 0 Å². The quantitative estimate of drug-likeness (QED) is 0.762. The van der Waals surface area contributed by atoms with Crippen LogP contribution in [-0.2, 0) is 16.6 Å². The zero-order valence-electron chi connectivity index (χ0n) is 11.3. The van der Waals surface area contributed by atoms with Gasteiger partial charge in [0.2, 0.25) is 5.09 Å². The molecule has 1 saturated carbocycles. The first kappa shape index (κ1) is 14.5. The predicted octanol–water partition coefficient (Wildman–Crippen LogP) is 0.499. The van der Waals surface area contributed by atoms with E-state index in [1.54, 1.807) is 6.07 Å². The molecule has 0 spiro atoms. The summed E-state index contributed by atoms with van der Waals surface area (Å²) >= 11 is 0. The fourth-order valence-corrected chi connectivity index (χ4v) is 2.48. The molecule has 1 atom stereocenters. The number of rotatable bonds is 7. The number of hydrogen-bond acceptors (Lipinski definition) is 5. The van der Waals surface area contributed by atoms with Gasteiger partial charge in [0.15, 0.2) is 0 Å². The van der Waals surface area contributed by atoms with E-state index in [4.69, 9.17) is 9.56 Å². The fourth-order valence-electron chi connectivity index (χ4n) is 2.00. The smallest absolute Gasteiger partial charge is 0.271 e. The number of primary sulfonamides is 1. The molecule has 1 unspecified atom stereocenters. The van der Waals surface area contributed by atoms with E-state index >= 15 is 0 Å². The highest BCUT2D eigenvalue weighted by Crippen LogP contribution is 2.26. The van der Waals surface area contributed by atoms with Crippen molar-refractivity contribution >= 4 is 10.0 Å². The molecule has 1 aromatic rings. The summed E-state index contributed by atoms with van der Waals surface area (Å²) in [6, 6.07) is 4.18. The molecular formula is C12H21N3O3S. The minimum atomic E-state index is -3.74. The Morgan fingerprint density at radius 1 is 1.53 bits per heavy atom. The molecule has 0 saturated heterocycles. The maximum atomic E-state index is 11.1. The number of likely N-dealkylation sites (N-methyl/N-ethyl adjacent to an activating group) is 1. The van der Waals surface area contributed by atoms with E-state index in [0.717, 1.165) is 12.6 Å². The number of hydrogen-bond donors (Lipinski definition) is 2. The molecule has 0 radical (unpaired) electrons. The van der Waals surface area contributed by atoms with Crippen molar-refractivity contribution in [3.63, 3.8) is 0 Å². The Bertz CT molecular complexity index is 522. The minimum Gasteiger partial charge on any atom is -0.447 e. The van der Waals surface area contributed by atoms with E-state index in [9.17, 15) is 8.42 Å². The highest BCUT2D eigenvalue weighted by atomic mass is 32.2. The first-order valence-corrected chi connectivity index (χ1v) is 7.96. The van der Waals surface area contributed by atoms with Gasteiger partial charge in [-0.2, -0.15) is 0 Å². The molecule has 1 heterocycles. The van der Waals surface area contributed by atoms with Crippen molar-refractivity contribution in [1.29, 1.82) is 0 Å². The van der Waals surface area contributed by atoms with Crippen LogP contribution in [0.5, 0.6) is 0 Å². The minimum absolute atomic E-state index is 0.188. The lowest BCUT2D eigenvalue weighted by Crippen LogP contribution is -2.38. The number of furan rings is 1. The molecule has 1 aliphatic carbocycles. The van der Waals surface area contributed by atoms with Gasteiger partial charge in [-0.05, 0) is 38.9 Å². The summed E-state index contributed by atoms with van der Waals surface area (Å²) in [5, 5.41) is 8.05.